The molecule has 0 saturated carbocycles. The SMILES string of the molecule is COc1ccc([C@H](C(=O)NC(C)C)N2C(=O)[C@@H](C3Cc4ccccc4C3)NC(=O)C2C(C)C)cc1F. The first-order valence-corrected chi connectivity index (χ1v) is 12.5. The van der Waals surface area contributed by atoms with Crippen molar-refractivity contribution >= 4 is 17.7 Å². The van der Waals surface area contributed by atoms with Gasteiger partial charge in [-0.15, -0.1) is 0 Å². The number of nitrogens with zero attached hydrogens (tertiary/aromatic N) is 1. The number of halogens is 1. The average Bonchev–Trinajstić information content (AvgIpc) is 3.24. The fourth-order valence-corrected chi connectivity index (χ4v) is 5.44. The van der Waals surface area contributed by atoms with Gasteiger partial charge in [-0.05, 0) is 67.3 Å². The van der Waals surface area contributed by atoms with Crippen LogP contribution in [0.25, 0.3) is 0 Å². The highest BCUT2D eigenvalue weighted by atomic mass is 19.1. The van der Waals surface area contributed by atoms with E-state index in [2.05, 4.69) is 10.6 Å². The summed E-state index contributed by atoms with van der Waals surface area (Å²) in [5, 5.41) is 5.83. The Labute approximate surface area is 211 Å². The predicted molar refractivity (Wildman–Crippen MR) is 134 cm³/mol. The van der Waals surface area contributed by atoms with E-state index in [0.717, 1.165) is 11.1 Å². The summed E-state index contributed by atoms with van der Waals surface area (Å²) in [6, 6.07) is 9.18. The van der Waals surface area contributed by atoms with Crippen LogP contribution in [0.4, 0.5) is 4.39 Å². The van der Waals surface area contributed by atoms with Crippen LogP contribution in [0.15, 0.2) is 42.5 Å². The van der Waals surface area contributed by atoms with E-state index < -0.39 is 29.8 Å². The van der Waals surface area contributed by atoms with Crippen LogP contribution in [0.2, 0.25) is 0 Å². The average molecular weight is 496 g/mol. The van der Waals surface area contributed by atoms with Gasteiger partial charge in [0.25, 0.3) is 0 Å². The van der Waals surface area contributed by atoms with Gasteiger partial charge < -0.3 is 20.3 Å². The number of methoxy groups -OCH3 is 1. The first-order valence-electron chi connectivity index (χ1n) is 12.5. The normalized spacial score (nSPS) is 20.9. The highest BCUT2D eigenvalue weighted by Crippen LogP contribution is 2.36. The summed E-state index contributed by atoms with van der Waals surface area (Å²) in [5.74, 6) is -2.10. The Balaban J connectivity index is 1.77. The van der Waals surface area contributed by atoms with E-state index in [1.54, 1.807) is 6.07 Å². The lowest BCUT2D eigenvalue weighted by Crippen LogP contribution is -2.68. The van der Waals surface area contributed by atoms with Crippen molar-refractivity contribution in [1.82, 2.24) is 15.5 Å². The van der Waals surface area contributed by atoms with Gasteiger partial charge in [-0.25, -0.2) is 4.39 Å². The maximum absolute atomic E-state index is 14.8. The van der Waals surface area contributed by atoms with Crippen LogP contribution in [-0.4, -0.2) is 47.9 Å². The zero-order chi connectivity index (χ0) is 26.1. The van der Waals surface area contributed by atoms with Gasteiger partial charge in [0.1, 0.15) is 18.1 Å². The van der Waals surface area contributed by atoms with Gasteiger partial charge in [0.15, 0.2) is 11.6 Å². The molecule has 8 heteroatoms. The molecule has 0 aromatic heterocycles. The van der Waals surface area contributed by atoms with Crippen molar-refractivity contribution < 1.29 is 23.5 Å². The number of piperazine rings is 1. The van der Waals surface area contributed by atoms with E-state index in [4.69, 9.17) is 4.74 Å². The Bertz CT molecular complexity index is 1140. The molecule has 7 nitrogen and oxygen atoms in total. The summed E-state index contributed by atoms with van der Waals surface area (Å²) < 4.78 is 19.8. The van der Waals surface area contributed by atoms with E-state index >= 15 is 0 Å². The van der Waals surface area contributed by atoms with Crippen LogP contribution in [0.5, 0.6) is 5.75 Å². The molecule has 1 fully saturated rings. The molecule has 192 valence electrons. The molecule has 1 aliphatic heterocycles. The van der Waals surface area contributed by atoms with Crippen molar-refractivity contribution in [3.63, 3.8) is 0 Å². The minimum Gasteiger partial charge on any atom is -0.494 e. The van der Waals surface area contributed by atoms with Crippen molar-refractivity contribution in [2.24, 2.45) is 11.8 Å². The van der Waals surface area contributed by atoms with Crippen LogP contribution in [-0.2, 0) is 27.2 Å². The van der Waals surface area contributed by atoms with Gasteiger partial charge >= 0.3 is 0 Å². The summed E-state index contributed by atoms with van der Waals surface area (Å²) in [4.78, 5) is 42.5. The predicted octanol–water partition coefficient (Wildman–Crippen LogP) is 3.17. The molecule has 2 aromatic rings. The zero-order valence-corrected chi connectivity index (χ0v) is 21.4. The van der Waals surface area contributed by atoms with E-state index in [1.807, 2.05) is 52.0 Å². The van der Waals surface area contributed by atoms with Gasteiger partial charge in [-0.2, -0.15) is 0 Å². The molecule has 2 aliphatic rings. The van der Waals surface area contributed by atoms with Gasteiger partial charge in [0.2, 0.25) is 17.7 Å². The monoisotopic (exact) mass is 495 g/mol. The lowest BCUT2D eigenvalue weighted by Gasteiger charge is -2.45. The summed E-state index contributed by atoms with van der Waals surface area (Å²) in [6.07, 6.45) is 1.32. The molecule has 2 N–H and O–H groups in total. The summed E-state index contributed by atoms with van der Waals surface area (Å²) >= 11 is 0. The molecule has 0 radical (unpaired) electrons. The number of carbonyl (C=O) groups excluding carboxylic acids is 3. The number of fused-ring (bicyclic) bond motifs is 1. The fourth-order valence-electron chi connectivity index (χ4n) is 5.44. The Morgan fingerprint density at radius 1 is 1.08 bits per heavy atom. The summed E-state index contributed by atoms with van der Waals surface area (Å²) in [7, 11) is 1.36. The lowest BCUT2D eigenvalue weighted by molar-refractivity contribution is -0.159. The van der Waals surface area contributed by atoms with E-state index in [9.17, 15) is 18.8 Å². The standard InChI is InChI=1S/C28H34FN3O4/c1-15(2)24-26(33)31-23(20-12-17-8-6-7-9-18(17)13-20)28(35)32(24)25(27(34)30-16(3)4)19-10-11-22(36-5)21(29)14-19/h6-11,14-16,20,23-25H,12-13H2,1-5H3,(H,30,34)(H,31,33)/t23-,24?,25-/m1/s1. The number of carbonyl (C=O) groups is 3. The minimum absolute atomic E-state index is 0.0338. The molecular formula is C28H34FN3O4. The highest BCUT2D eigenvalue weighted by Gasteiger charge is 2.50. The fraction of sp³-hybridized carbons (Fsp3) is 0.464. The molecule has 36 heavy (non-hydrogen) atoms. The van der Waals surface area contributed by atoms with Gasteiger partial charge in [0, 0.05) is 6.04 Å². The number of hydrogen-bond donors (Lipinski definition) is 2. The maximum atomic E-state index is 14.8. The molecule has 2 aromatic carbocycles. The number of nitrogens with one attached hydrogen (secondary N) is 2. The quantitative estimate of drug-likeness (QED) is 0.618. The van der Waals surface area contributed by atoms with Gasteiger partial charge in [0.05, 0.1) is 7.11 Å². The largest absolute Gasteiger partial charge is 0.494 e. The van der Waals surface area contributed by atoms with Crippen LogP contribution in [0.1, 0.15) is 50.4 Å². The van der Waals surface area contributed by atoms with Crippen molar-refractivity contribution in [3.8, 4) is 5.75 Å². The maximum Gasteiger partial charge on any atom is 0.247 e. The van der Waals surface area contributed by atoms with Crippen molar-refractivity contribution in [1.29, 1.82) is 0 Å². The smallest absolute Gasteiger partial charge is 0.247 e. The van der Waals surface area contributed by atoms with E-state index in [-0.39, 0.29) is 41.0 Å². The molecule has 1 saturated heterocycles. The molecule has 3 atom stereocenters. The molecule has 1 unspecified atom stereocenters. The third-order valence-electron chi connectivity index (χ3n) is 7.02. The Morgan fingerprint density at radius 3 is 2.25 bits per heavy atom. The molecular weight excluding hydrogens is 461 g/mol. The number of benzene rings is 2. The number of ether oxygens (including phenoxy) is 1. The molecule has 1 aliphatic carbocycles. The number of hydrogen-bond acceptors (Lipinski definition) is 4. The third-order valence-corrected chi connectivity index (χ3v) is 7.02. The second kappa shape index (κ2) is 10.3. The molecule has 0 spiro atoms. The molecule has 1 heterocycles. The Kier molecular flexibility index (Phi) is 7.33. The highest BCUT2D eigenvalue weighted by molar-refractivity contribution is 6.00. The molecule has 4 rings (SSSR count). The first kappa shape index (κ1) is 25.7. The van der Waals surface area contributed by atoms with Crippen LogP contribution >= 0.6 is 0 Å². The molecule has 0 bridgehead atoms. The van der Waals surface area contributed by atoms with Crippen molar-refractivity contribution in [2.75, 3.05) is 7.11 Å². The van der Waals surface area contributed by atoms with Crippen LogP contribution < -0.4 is 15.4 Å². The van der Waals surface area contributed by atoms with E-state index in [1.165, 1.54) is 24.1 Å². The second-order valence-corrected chi connectivity index (χ2v) is 10.3. The second-order valence-electron chi connectivity index (χ2n) is 10.3. The topological polar surface area (TPSA) is 87.7 Å². The van der Waals surface area contributed by atoms with Crippen molar-refractivity contribution in [2.45, 2.75) is 64.7 Å². The Morgan fingerprint density at radius 2 is 1.72 bits per heavy atom. The summed E-state index contributed by atoms with van der Waals surface area (Å²) in [6.45, 7) is 7.30. The number of amides is 3. The zero-order valence-electron chi connectivity index (χ0n) is 21.4. The lowest BCUT2D eigenvalue weighted by atomic mass is 9.87. The molecule has 3 amide bonds. The van der Waals surface area contributed by atoms with Crippen molar-refractivity contribution in [3.05, 3.63) is 65.0 Å². The summed E-state index contributed by atoms with van der Waals surface area (Å²) in [5.41, 5.74) is 2.61. The number of rotatable bonds is 7. The van der Waals surface area contributed by atoms with Gasteiger partial charge in [-0.1, -0.05) is 44.2 Å². The van der Waals surface area contributed by atoms with Crippen LogP contribution in [0, 0.1) is 17.7 Å². The van der Waals surface area contributed by atoms with Crippen LogP contribution in [0.3, 0.4) is 0 Å². The third kappa shape index (κ3) is 4.81. The minimum atomic E-state index is -1.18. The van der Waals surface area contributed by atoms with E-state index in [0.29, 0.717) is 12.8 Å². The Hall–Kier alpha value is -3.42. The first-order chi connectivity index (χ1) is 17.1. The van der Waals surface area contributed by atoms with Gasteiger partial charge in [-0.3, -0.25) is 14.4 Å².